The van der Waals surface area contributed by atoms with Crippen LogP contribution in [0.3, 0.4) is 0 Å². The number of hydrogen-bond donors (Lipinski definition) is 0. The van der Waals surface area contributed by atoms with Gasteiger partial charge in [-0.15, -0.1) is 0 Å². The molecule has 62 valence electrons. The lowest BCUT2D eigenvalue weighted by atomic mass is 10.3. The van der Waals surface area contributed by atoms with Gasteiger partial charge in [0.1, 0.15) is 5.82 Å². The minimum absolute atomic E-state index is 0.188. The van der Waals surface area contributed by atoms with E-state index in [-0.39, 0.29) is 5.82 Å². The summed E-state index contributed by atoms with van der Waals surface area (Å²) in [6.07, 6.45) is 1.68. The van der Waals surface area contributed by atoms with E-state index in [1.165, 1.54) is 6.07 Å². The van der Waals surface area contributed by atoms with E-state index in [1.54, 1.807) is 17.0 Å². The van der Waals surface area contributed by atoms with Crippen molar-refractivity contribution in [2.75, 3.05) is 0 Å². The second-order valence-corrected chi connectivity index (χ2v) is 3.77. The van der Waals surface area contributed by atoms with Gasteiger partial charge in [-0.3, -0.25) is 0 Å². The van der Waals surface area contributed by atoms with Crippen molar-refractivity contribution in [2.45, 2.75) is 0 Å². The molecule has 0 unspecified atom stereocenters. The Bertz CT molecular complexity index is 436. The van der Waals surface area contributed by atoms with Crippen molar-refractivity contribution in [3.63, 3.8) is 0 Å². The molecule has 0 aliphatic heterocycles. The smallest absolute Gasteiger partial charge is 0.138 e. The number of fused-ring (bicyclic) bond motifs is 1. The van der Waals surface area contributed by atoms with Crippen molar-refractivity contribution < 1.29 is 4.39 Å². The third-order valence-corrected chi connectivity index (χ3v) is 2.59. The molecular formula is C8H6FIN2. The van der Waals surface area contributed by atoms with Gasteiger partial charge in [-0.25, -0.2) is 9.37 Å². The zero-order valence-corrected chi connectivity index (χ0v) is 8.54. The Morgan fingerprint density at radius 1 is 1.50 bits per heavy atom. The summed E-state index contributed by atoms with van der Waals surface area (Å²) in [4.78, 5) is 4.11. The summed E-state index contributed by atoms with van der Waals surface area (Å²) in [5.74, 6) is -0.188. The minimum atomic E-state index is -0.188. The van der Waals surface area contributed by atoms with E-state index < -0.39 is 0 Å². The first kappa shape index (κ1) is 7.97. The maximum Gasteiger partial charge on any atom is 0.138 e. The van der Waals surface area contributed by atoms with Crippen LogP contribution in [-0.4, -0.2) is 9.55 Å². The summed E-state index contributed by atoms with van der Waals surface area (Å²) in [7, 11) is 1.85. The molecule has 2 rings (SSSR count). The van der Waals surface area contributed by atoms with E-state index in [9.17, 15) is 4.39 Å². The van der Waals surface area contributed by atoms with E-state index in [0.29, 0.717) is 3.57 Å². The largest absolute Gasteiger partial charge is 0.334 e. The van der Waals surface area contributed by atoms with Gasteiger partial charge >= 0.3 is 0 Å². The SMILES string of the molecule is Cn1cnc2cc(I)c(F)cc21. The van der Waals surface area contributed by atoms with Crippen molar-refractivity contribution in [1.29, 1.82) is 0 Å². The van der Waals surface area contributed by atoms with Crippen molar-refractivity contribution in [2.24, 2.45) is 7.05 Å². The Labute approximate surface area is 82.5 Å². The van der Waals surface area contributed by atoms with Gasteiger partial charge in [0.05, 0.1) is 20.9 Å². The Balaban J connectivity index is 2.87. The summed E-state index contributed by atoms with van der Waals surface area (Å²) in [6.45, 7) is 0. The Hall–Kier alpha value is -0.650. The number of rotatable bonds is 0. The van der Waals surface area contributed by atoms with Crippen LogP contribution in [0, 0.1) is 9.39 Å². The molecule has 0 saturated carbocycles. The summed E-state index contributed by atoms with van der Waals surface area (Å²) < 4.78 is 15.5. The Morgan fingerprint density at radius 3 is 3.00 bits per heavy atom. The minimum Gasteiger partial charge on any atom is -0.334 e. The molecule has 4 heteroatoms. The maximum atomic E-state index is 13.1. The molecule has 2 aromatic rings. The fraction of sp³-hybridized carbons (Fsp3) is 0.125. The van der Waals surface area contributed by atoms with E-state index in [4.69, 9.17) is 0 Å². The zero-order valence-electron chi connectivity index (χ0n) is 6.38. The van der Waals surface area contributed by atoms with Crippen LogP contribution in [0.2, 0.25) is 0 Å². The van der Waals surface area contributed by atoms with Crippen LogP contribution in [0.15, 0.2) is 18.5 Å². The fourth-order valence-corrected chi connectivity index (χ4v) is 1.57. The highest BCUT2D eigenvalue weighted by atomic mass is 127. The monoisotopic (exact) mass is 276 g/mol. The van der Waals surface area contributed by atoms with E-state index in [0.717, 1.165) is 11.0 Å². The molecule has 1 aromatic carbocycles. The number of aromatic nitrogens is 2. The van der Waals surface area contributed by atoms with Gasteiger partial charge in [0.2, 0.25) is 0 Å². The molecule has 12 heavy (non-hydrogen) atoms. The lowest BCUT2D eigenvalue weighted by Gasteiger charge is -1.96. The van der Waals surface area contributed by atoms with Gasteiger partial charge in [0.25, 0.3) is 0 Å². The van der Waals surface area contributed by atoms with Crippen molar-refractivity contribution >= 4 is 33.6 Å². The van der Waals surface area contributed by atoms with Crippen LogP contribution < -0.4 is 0 Å². The number of aryl methyl sites for hydroxylation is 1. The summed E-state index contributed by atoms with van der Waals surface area (Å²) in [5, 5.41) is 0. The highest BCUT2D eigenvalue weighted by molar-refractivity contribution is 14.1. The quantitative estimate of drug-likeness (QED) is 0.675. The molecule has 1 heterocycles. The highest BCUT2D eigenvalue weighted by Crippen LogP contribution is 2.18. The van der Waals surface area contributed by atoms with E-state index >= 15 is 0 Å². The highest BCUT2D eigenvalue weighted by Gasteiger charge is 2.04. The topological polar surface area (TPSA) is 17.8 Å². The average Bonchev–Trinajstić information content (AvgIpc) is 2.35. The first-order chi connectivity index (χ1) is 5.68. The molecule has 0 spiro atoms. The normalized spacial score (nSPS) is 10.9. The predicted molar refractivity (Wildman–Crippen MR) is 53.4 cm³/mol. The average molecular weight is 276 g/mol. The van der Waals surface area contributed by atoms with Crippen molar-refractivity contribution in [3.05, 3.63) is 27.8 Å². The zero-order chi connectivity index (χ0) is 8.72. The lowest BCUT2D eigenvalue weighted by Crippen LogP contribution is -1.86. The number of nitrogens with zero attached hydrogens (tertiary/aromatic N) is 2. The van der Waals surface area contributed by atoms with Crippen LogP contribution in [0.5, 0.6) is 0 Å². The van der Waals surface area contributed by atoms with Crippen LogP contribution in [-0.2, 0) is 7.05 Å². The summed E-state index contributed by atoms with van der Waals surface area (Å²) in [5.41, 5.74) is 1.66. The molecule has 1 aromatic heterocycles. The molecule has 0 N–H and O–H groups in total. The Kier molecular flexibility index (Phi) is 1.79. The van der Waals surface area contributed by atoms with Gasteiger partial charge in [-0.05, 0) is 28.7 Å². The summed E-state index contributed by atoms with van der Waals surface area (Å²) in [6, 6.07) is 3.25. The summed E-state index contributed by atoms with van der Waals surface area (Å²) >= 11 is 1.96. The number of halogens is 2. The third kappa shape index (κ3) is 1.10. The number of benzene rings is 1. The second kappa shape index (κ2) is 2.69. The molecule has 0 saturated heterocycles. The van der Waals surface area contributed by atoms with Crippen molar-refractivity contribution in [1.82, 2.24) is 9.55 Å². The van der Waals surface area contributed by atoms with E-state index in [1.807, 2.05) is 29.6 Å². The number of imidazole rings is 1. The van der Waals surface area contributed by atoms with Crippen LogP contribution in [0.1, 0.15) is 0 Å². The van der Waals surface area contributed by atoms with Crippen LogP contribution in [0.25, 0.3) is 11.0 Å². The molecule has 0 amide bonds. The van der Waals surface area contributed by atoms with E-state index in [2.05, 4.69) is 4.98 Å². The predicted octanol–water partition coefficient (Wildman–Crippen LogP) is 2.32. The van der Waals surface area contributed by atoms with Gasteiger partial charge in [-0.2, -0.15) is 0 Å². The Morgan fingerprint density at radius 2 is 2.25 bits per heavy atom. The van der Waals surface area contributed by atoms with Crippen LogP contribution in [0.4, 0.5) is 4.39 Å². The van der Waals surface area contributed by atoms with Crippen LogP contribution >= 0.6 is 22.6 Å². The van der Waals surface area contributed by atoms with Gasteiger partial charge in [-0.1, -0.05) is 0 Å². The van der Waals surface area contributed by atoms with Gasteiger partial charge < -0.3 is 4.57 Å². The molecule has 0 fully saturated rings. The van der Waals surface area contributed by atoms with Gasteiger partial charge in [0, 0.05) is 13.1 Å². The molecule has 0 bridgehead atoms. The van der Waals surface area contributed by atoms with Gasteiger partial charge in [0.15, 0.2) is 0 Å². The number of hydrogen-bond acceptors (Lipinski definition) is 1. The molecular weight excluding hydrogens is 270 g/mol. The molecule has 0 atom stereocenters. The maximum absolute atomic E-state index is 13.1. The third-order valence-electron chi connectivity index (χ3n) is 1.77. The first-order valence-electron chi connectivity index (χ1n) is 3.44. The molecule has 0 aliphatic rings. The molecule has 0 radical (unpaired) electrons. The standard InChI is InChI=1S/C8H6FIN2/c1-12-4-11-7-3-6(10)5(9)2-8(7)12/h2-4H,1H3. The second-order valence-electron chi connectivity index (χ2n) is 2.61. The first-order valence-corrected chi connectivity index (χ1v) is 4.52. The lowest BCUT2D eigenvalue weighted by molar-refractivity contribution is 0.621. The van der Waals surface area contributed by atoms with Crippen molar-refractivity contribution in [3.8, 4) is 0 Å². The fourth-order valence-electron chi connectivity index (χ4n) is 1.12. The molecule has 0 aliphatic carbocycles. The molecule has 2 nitrogen and oxygen atoms in total.